The molecule has 0 bridgehead atoms. The van der Waals surface area contributed by atoms with Crippen molar-refractivity contribution in [1.29, 1.82) is 0 Å². The van der Waals surface area contributed by atoms with Crippen LogP contribution in [0.3, 0.4) is 0 Å². The summed E-state index contributed by atoms with van der Waals surface area (Å²) in [6.45, 7) is 8.39. The molecular weight excluding hydrogens is 240 g/mol. The molecule has 0 saturated carbocycles. The SMILES string of the molecule is CCC(C)C(C)Nc1cc(C)c(N)c(C(=O)OC)c1. The fourth-order valence-electron chi connectivity index (χ4n) is 1.92. The summed E-state index contributed by atoms with van der Waals surface area (Å²) in [4.78, 5) is 11.7. The number of rotatable bonds is 5. The molecule has 106 valence electrons. The Morgan fingerprint density at radius 1 is 1.42 bits per heavy atom. The van der Waals surface area contributed by atoms with Gasteiger partial charge in [0.15, 0.2) is 0 Å². The van der Waals surface area contributed by atoms with Crippen molar-refractivity contribution in [3.8, 4) is 0 Å². The Morgan fingerprint density at radius 2 is 2.05 bits per heavy atom. The number of aryl methyl sites for hydroxylation is 1. The van der Waals surface area contributed by atoms with Gasteiger partial charge in [0.05, 0.1) is 12.7 Å². The first kappa shape index (κ1) is 15.3. The number of anilines is 2. The van der Waals surface area contributed by atoms with Gasteiger partial charge >= 0.3 is 5.97 Å². The van der Waals surface area contributed by atoms with Crippen LogP contribution in [0.15, 0.2) is 12.1 Å². The van der Waals surface area contributed by atoms with Crippen molar-refractivity contribution in [3.63, 3.8) is 0 Å². The van der Waals surface area contributed by atoms with Crippen LogP contribution >= 0.6 is 0 Å². The van der Waals surface area contributed by atoms with E-state index in [1.54, 1.807) is 6.07 Å². The number of nitrogens with one attached hydrogen (secondary N) is 1. The van der Waals surface area contributed by atoms with Gasteiger partial charge < -0.3 is 15.8 Å². The number of carbonyl (C=O) groups is 1. The number of methoxy groups -OCH3 is 1. The van der Waals surface area contributed by atoms with Gasteiger partial charge in [-0.25, -0.2) is 4.79 Å². The maximum atomic E-state index is 11.7. The van der Waals surface area contributed by atoms with Gasteiger partial charge in [0, 0.05) is 17.4 Å². The molecule has 0 aliphatic heterocycles. The molecule has 0 spiro atoms. The summed E-state index contributed by atoms with van der Waals surface area (Å²) >= 11 is 0. The molecule has 3 N–H and O–H groups in total. The predicted octanol–water partition coefficient (Wildman–Crippen LogP) is 3.21. The molecule has 0 radical (unpaired) electrons. The molecule has 1 aromatic rings. The van der Waals surface area contributed by atoms with E-state index in [9.17, 15) is 4.79 Å². The van der Waals surface area contributed by atoms with Gasteiger partial charge in [-0.3, -0.25) is 0 Å². The van der Waals surface area contributed by atoms with Crippen LogP contribution in [0.5, 0.6) is 0 Å². The van der Waals surface area contributed by atoms with Gasteiger partial charge in [-0.15, -0.1) is 0 Å². The Hall–Kier alpha value is -1.71. The lowest BCUT2D eigenvalue weighted by atomic mass is 10.00. The topological polar surface area (TPSA) is 64.3 Å². The van der Waals surface area contributed by atoms with E-state index < -0.39 is 5.97 Å². The largest absolute Gasteiger partial charge is 0.465 e. The zero-order valence-corrected chi connectivity index (χ0v) is 12.4. The highest BCUT2D eigenvalue weighted by molar-refractivity contribution is 5.97. The minimum Gasteiger partial charge on any atom is -0.465 e. The van der Waals surface area contributed by atoms with Crippen LogP contribution in [0.25, 0.3) is 0 Å². The first-order valence-corrected chi connectivity index (χ1v) is 6.65. The summed E-state index contributed by atoms with van der Waals surface area (Å²) in [6, 6.07) is 4.05. The highest BCUT2D eigenvalue weighted by atomic mass is 16.5. The van der Waals surface area contributed by atoms with Crippen LogP contribution < -0.4 is 11.1 Å². The molecule has 0 aliphatic carbocycles. The van der Waals surface area contributed by atoms with Crippen LogP contribution in [-0.2, 0) is 4.74 Å². The van der Waals surface area contributed by atoms with E-state index in [0.717, 1.165) is 17.7 Å². The predicted molar refractivity (Wildman–Crippen MR) is 79.5 cm³/mol. The first-order valence-electron chi connectivity index (χ1n) is 6.65. The minimum absolute atomic E-state index is 0.332. The molecule has 0 fully saturated rings. The molecule has 19 heavy (non-hydrogen) atoms. The van der Waals surface area contributed by atoms with Gasteiger partial charge in [0.25, 0.3) is 0 Å². The van der Waals surface area contributed by atoms with E-state index in [-0.39, 0.29) is 0 Å². The summed E-state index contributed by atoms with van der Waals surface area (Å²) in [5, 5.41) is 3.42. The third-order valence-corrected chi connectivity index (χ3v) is 3.68. The number of esters is 1. The van der Waals surface area contributed by atoms with Crippen molar-refractivity contribution in [2.75, 3.05) is 18.2 Å². The van der Waals surface area contributed by atoms with Crippen molar-refractivity contribution < 1.29 is 9.53 Å². The van der Waals surface area contributed by atoms with E-state index in [1.807, 2.05) is 13.0 Å². The molecule has 4 nitrogen and oxygen atoms in total. The van der Waals surface area contributed by atoms with Gasteiger partial charge in [0.1, 0.15) is 0 Å². The Bertz CT molecular complexity index is 458. The van der Waals surface area contributed by atoms with Crippen LogP contribution in [0.4, 0.5) is 11.4 Å². The molecule has 0 aliphatic rings. The highest BCUT2D eigenvalue weighted by Gasteiger charge is 2.15. The zero-order chi connectivity index (χ0) is 14.6. The van der Waals surface area contributed by atoms with Crippen molar-refractivity contribution in [3.05, 3.63) is 23.3 Å². The van der Waals surface area contributed by atoms with Crippen LogP contribution in [0.2, 0.25) is 0 Å². The summed E-state index contributed by atoms with van der Waals surface area (Å²) in [5.41, 5.74) is 8.59. The van der Waals surface area contributed by atoms with Crippen molar-refractivity contribution >= 4 is 17.3 Å². The van der Waals surface area contributed by atoms with E-state index in [4.69, 9.17) is 10.5 Å². The van der Waals surface area contributed by atoms with Gasteiger partial charge in [-0.2, -0.15) is 0 Å². The number of hydrogen-bond acceptors (Lipinski definition) is 4. The van der Waals surface area contributed by atoms with Gasteiger partial charge in [-0.05, 0) is 37.5 Å². The Labute approximate surface area is 115 Å². The first-order chi connectivity index (χ1) is 8.90. The molecule has 0 heterocycles. The highest BCUT2D eigenvalue weighted by Crippen LogP contribution is 2.25. The lowest BCUT2D eigenvalue weighted by Crippen LogP contribution is -2.23. The standard InChI is InChI=1S/C15H24N2O2/c1-6-9(2)11(4)17-12-7-10(3)14(16)13(8-12)15(18)19-5/h7-9,11,17H,6,16H2,1-5H3. The third kappa shape index (κ3) is 3.63. The van der Waals surface area contributed by atoms with Crippen molar-refractivity contribution in [2.45, 2.75) is 40.2 Å². The summed E-state index contributed by atoms with van der Waals surface area (Å²) in [5.74, 6) is 0.153. The Kier molecular flexibility index (Phi) is 5.21. The molecular formula is C15H24N2O2. The van der Waals surface area contributed by atoms with Gasteiger partial charge in [-0.1, -0.05) is 20.3 Å². The van der Waals surface area contributed by atoms with Gasteiger partial charge in [0.2, 0.25) is 0 Å². The second-order valence-electron chi connectivity index (χ2n) is 5.06. The molecule has 0 saturated heterocycles. The maximum absolute atomic E-state index is 11.7. The molecule has 4 heteroatoms. The van der Waals surface area contributed by atoms with Crippen LogP contribution in [0.1, 0.15) is 43.1 Å². The molecule has 1 aromatic carbocycles. The van der Waals surface area contributed by atoms with Crippen molar-refractivity contribution in [1.82, 2.24) is 0 Å². The number of benzene rings is 1. The normalized spacial score (nSPS) is 13.7. The van der Waals surface area contributed by atoms with Crippen LogP contribution in [-0.4, -0.2) is 19.1 Å². The maximum Gasteiger partial charge on any atom is 0.340 e. The van der Waals surface area contributed by atoms with E-state index in [1.165, 1.54) is 7.11 Å². The number of nitrogen functional groups attached to an aromatic ring is 1. The van der Waals surface area contributed by atoms with E-state index >= 15 is 0 Å². The van der Waals surface area contributed by atoms with Crippen molar-refractivity contribution in [2.24, 2.45) is 5.92 Å². The van der Waals surface area contributed by atoms with Crippen LogP contribution in [0, 0.1) is 12.8 Å². The Balaban J connectivity index is 3.03. The fraction of sp³-hybridized carbons (Fsp3) is 0.533. The summed E-state index contributed by atoms with van der Waals surface area (Å²) in [7, 11) is 1.36. The zero-order valence-electron chi connectivity index (χ0n) is 12.4. The number of hydrogen-bond donors (Lipinski definition) is 2. The minimum atomic E-state index is -0.402. The molecule has 1 rings (SSSR count). The lowest BCUT2D eigenvalue weighted by Gasteiger charge is -2.22. The van der Waals surface area contributed by atoms with E-state index in [2.05, 4.69) is 26.1 Å². The number of ether oxygens (including phenoxy) is 1. The smallest absolute Gasteiger partial charge is 0.340 e. The molecule has 0 amide bonds. The molecule has 2 atom stereocenters. The number of nitrogens with two attached hydrogens (primary N) is 1. The number of carbonyl (C=O) groups excluding carboxylic acids is 1. The second-order valence-corrected chi connectivity index (χ2v) is 5.06. The quantitative estimate of drug-likeness (QED) is 0.633. The monoisotopic (exact) mass is 264 g/mol. The van der Waals surface area contributed by atoms with E-state index in [0.29, 0.717) is 23.2 Å². The fourth-order valence-corrected chi connectivity index (χ4v) is 1.92. The summed E-state index contributed by atoms with van der Waals surface area (Å²) < 4.78 is 4.75. The Morgan fingerprint density at radius 3 is 2.58 bits per heavy atom. The molecule has 0 aromatic heterocycles. The average Bonchev–Trinajstić information content (AvgIpc) is 2.40. The average molecular weight is 264 g/mol. The second kappa shape index (κ2) is 6.45. The lowest BCUT2D eigenvalue weighted by molar-refractivity contribution is 0.0602. The summed E-state index contributed by atoms with van der Waals surface area (Å²) in [6.07, 6.45) is 1.10. The third-order valence-electron chi connectivity index (χ3n) is 3.68. The molecule has 2 unspecified atom stereocenters.